The standard InChI is InChI=1S/C25H35N3O3/c29-25(27-30)14-3-1-2-9-21(19-26-15-18-28-16-6-7-17-28)20-31-24-13-8-11-22-10-4-5-12-23(22)24/h4-5,8-13,26,30H,1-3,6-7,14-20H2,(H,27,29). The van der Waals surface area contributed by atoms with Crippen molar-refractivity contribution in [3.05, 3.63) is 54.1 Å². The molecule has 2 aromatic rings. The Morgan fingerprint density at radius 3 is 2.74 bits per heavy atom. The summed E-state index contributed by atoms with van der Waals surface area (Å²) >= 11 is 0. The summed E-state index contributed by atoms with van der Waals surface area (Å²) in [7, 11) is 0. The van der Waals surface area contributed by atoms with E-state index in [1.54, 1.807) is 5.48 Å². The molecule has 1 amide bonds. The molecular weight excluding hydrogens is 390 g/mol. The van der Waals surface area contributed by atoms with Crippen molar-refractivity contribution < 1.29 is 14.7 Å². The molecule has 1 saturated heterocycles. The average molecular weight is 426 g/mol. The first-order chi connectivity index (χ1) is 15.3. The molecule has 0 unspecified atom stereocenters. The number of likely N-dealkylation sites (tertiary alicyclic amines) is 1. The van der Waals surface area contributed by atoms with Gasteiger partial charge >= 0.3 is 0 Å². The Balaban J connectivity index is 1.51. The second-order valence-electron chi connectivity index (χ2n) is 8.13. The van der Waals surface area contributed by atoms with Gasteiger partial charge in [-0.15, -0.1) is 0 Å². The summed E-state index contributed by atoms with van der Waals surface area (Å²) < 4.78 is 6.21. The van der Waals surface area contributed by atoms with E-state index in [0.29, 0.717) is 13.0 Å². The minimum absolute atomic E-state index is 0.327. The van der Waals surface area contributed by atoms with Gasteiger partial charge in [-0.3, -0.25) is 10.0 Å². The number of benzene rings is 2. The summed E-state index contributed by atoms with van der Waals surface area (Å²) in [5.41, 5.74) is 2.91. The molecule has 0 saturated carbocycles. The van der Waals surface area contributed by atoms with Crippen LogP contribution in [0, 0.1) is 0 Å². The lowest BCUT2D eigenvalue weighted by Crippen LogP contribution is -2.31. The monoisotopic (exact) mass is 425 g/mol. The zero-order valence-corrected chi connectivity index (χ0v) is 18.3. The zero-order chi connectivity index (χ0) is 21.7. The lowest BCUT2D eigenvalue weighted by atomic mass is 10.1. The summed E-state index contributed by atoms with van der Waals surface area (Å²) in [5, 5.41) is 14.5. The highest BCUT2D eigenvalue weighted by molar-refractivity contribution is 5.88. The highest BCUT2D eigenvalue weighted by atomic mass is 16.5. The highest BCUT2D eigenvalue weighted by Crippen LogP contribution is 2.25. The van der Waals surface area contributed by atoms with E-state index in [-0.39, 0.29) is 5.91 Å². The summed E-state index contributed by atoms with van der Waals surface area (Å²) in [6.45, 7) is 5.85. The third-order valence-corrected chi connectivity index (χ3v) is 5.73. The average Bonchev–Trinajstić information content (AvgIpc) is 3.32. The summed E-state index contributed by atoms with van der Waals surface area (Å²) in [6.07, 6.45) is 7.75. The molecular formula is C25H35N3O3. The van der Waals surface area contributed by atoms with Crippen molar-refractivity contribution in [2.24, 2.45) is 0 Å². The van der Waals surface area contributed by atoms with Crippen LogP contribution in [0.4, 0.5) is 0 Å². The van der Waals surface area contributed by atoms with Gasteiger partial charge in [0, 0.05) is 31.4 Å². The number of hydrogen-bond donors (Lipinski definition) is 3. The second kappa shape index (κ2) is 13.1. The lowest BCUT2D eigenvalue weighted by Gasteiger charge is -2.16. The quantitative estimate of drug-likeness (QED) is 0.196. The molecule has 2 aromatic carbocycles. The first-order valence-corrected chi connectivity index (χ1v) is 11.4. The van der Waals surface area contributed by atoms with Gasteiger partial charge in [-0.05, 0) is 62.2 Å². The van der Waals surface area contributed by atoms with Gasteiger partial charge in [0.2, 0.25) is 5.91 Å². The van der Waals surface area contributed by atoms with Crippen molar-refractivity contribution in [3.8, 4) is 5.75 Å². The number of hydrogen-bond acceptors (Lipinski definition) is 5. The maximum absolute atomic E-state index is 11.1. The van der Waals surface area contributed by atoms with Crippen molar-refractivity contribution in [3.63, 3.8) is 0 Å². The van der Waals surface area contributed by atoms with Crippen LogP contribution in [0.3, 0.4) is 0 Å². The van der Waals surface area contributed by atoms with Gasteiger partial charge in [0.15, 0.2) is 0 Å². The number of nitrogens with one attached hydrogen (secondary N) is 2. The largest absolute Gasteiger partial charge is 0.489 e. The number of hydroxylamine groups is 1. The van der Waals surface area contributed by atoms with Gasteiger partial charge in [0.05, 0.1) is 0 Å². The third kappa shape index (κ3) is 7.98. The minimum Gasteiger partial charge on any atom is -0.489 e. The third-order valence-electron chi connectivity index (χ3n) is 5.73. The Morgan fingerprint density at radius 2 is 1.90 bits per heavy atom. The lowest BCUT2D eigenvalue weighted by molar-refractivity contribution is -0.129. The fraction of sp³-hybridized carbons (Fsp3) is 0.480. The molecule has 1 heterocycles. The van der Waals surface area contributed by atoms with E-state index in [0.717, 1.165) is 50.0 Å². The number of nitrogens with zero attached hydrogens (tertiary/aromatic N) is 1. The molecule has 3 N–H and O–H groups in total. The molecule has 1 aliphatic heterocycles. The first-order valence-electron chi connectivity index (χ1n) is 11.4. The molecule has 0 radical (unpaired) electrons. The summed E-state index contributed by atoms with van der Waals surface area (Å²) in [4.78, 5) is 13.7. The number of carbonyl (C=O) groups is 1. The number of unbranched alkanes of at least 4 members (excludes halogenated alkanes) is 2. The van der Waals surface area contributed by atoms with E-state index in [2.05, 4.69) is 34.5 Å². The Bertz CT molecular complexity index is 842. The predicted molar refractivity (Wildman–Crippen MR) is 124 cm³/mol. The fourth-order valence-electron chi connectivity index (χ4n) is 3.96. The number of rotatable bonds is 13. The van der Waals surface area contributed by atoms with Gasteiger partial charge in [0.25, 0.3) is 0 Å². The molecule has 0 atom stereocenters. The first kappa shape index (κ1) is 23.3. The van der Waals surface area contributed by atoms with Crippen LogP contribution >= 0.6 is 0 Å². The van der Waals surface area contributed by atoms with E-state index >= 15 is 0 Å². The molecule has 0 spiro atoms. The zero-order valence-electron chi connectivity index (χ0n) is 18.3. The van der Waals surface area contributed by atoms with Gasteiger partial charge < -0.3 is 15.0 Å². The molecule has 3 rings (SSSR count). The van der Waals surface area contributed by atoms with Gasteiger partial charge in [-0.25, -0.2) is 5.48 Å². The van der Waals surface area contributed by atoms with Crippen LogP contribution < -0.4 is 15.5 Å². The predicted octanol–water partition coefficient (Wildman–Crippen LogP) is 3.90. The normalized spacial score (nSPS) is 14.8. The molecule has 6 heteroatoms. The van der Waals surface area contributed by atoms with Crippen LogP contribution in [0.15, 0.2) is 54.1 Å². The number of amides is 1. The van der Waals surface area contributed by atoms with E-state index in [4.69, 9.17) is 9.94 Å². The number of ether oxygens (including phenoxy) is 1. The van der Waals surface area contributed by atoms with Crippen molar-refractivity contribution in [2.75, 3.05) is 39.3 Å². The summed E-state index contributed by atoms with van der Waals surface area (Å²) in [6, 6.07) is 14.4. The fourth-order valence-corrected chi connectivity index (χ4v) is 3.96. The molecule has 0 bridgehead atoms. The van der Waals surface area contributed by atoms with Crippen LogP contribution in [-0.2, 0) is 4.79 Å². The van der Waals surface area contributed by atoms with Crippen molar-refractivity contribution >= 4 is 16.7 Å². The Morgan fingerprint density at radius 1 is 1.10 bits per heavy atom. The van der Waals surface area contributed by atoms with E-state index in [1.165, 1.54) is 36.9 Å². The molecule has 168 valence electrons. The van der Waals surface area contributed by atoms with Gasteiger partial charge in [-0.1, -0.05) is 42.5 Å². The van der Waals surface area contributed by atoms with Crippen LogP contribution in [0.2, 0.25) is 0 Å². The van der Waals surface area contributed by atoms with E-state index < -0.39 is 0 Å². The number of fused-ring (bicyclic) bond motifs is 1. The van der Waals surface area contributed by atoms with Crippen LogP contribution in [0.25, 0.3) is 10.8 Å². The van der Waals surface area contributed by atoms with E-state index in [9.17, 15) is 4.79 Å². The molecule has 0 aliphatic carbocycles. The van der Waals surface area contributed by atoms with Crippen LogP contribution in [0.5, 0.6) is 5.75 Å². The Hall–Kier alpha value is -2.41. The Kier molecular flexibility index (Phi) is 9.83. The minimum atomic E-state index is -0.327. The smallest absolute Gasteiger partial charge is 0.243 e. The topological polar surface area (TPSA) is 73.8 Å². The van der Waals surface area contributed by atoms with Crippen molar-refractivity contribution in [2.45, 2.75) is 38.5 Å². The van der Waals surface area contributed by atoms with Gasteiger partial charge in [-0.2, -0.15) is 0 Å². The number of carbonyl (C=O) groups excluding carboxylic acids is 1. The Labute approximate surface area is 185 Å². The van der Waals surface area contributed by atoms with Crippen LogP contribution in [-0.4, -0.2) is 55.3 Å². The van der Waals surface area contributed by atoms with Crippen molar-refractivity contribution in [1.29, 1.82) is 0 Å². The SMILES string of the molecule is O=C(CCCCC=C(CNCCN1CCCC1)COc1cccc2ccccc12)NO. The molecule has 1 aliphatic rings. The molecule has 1 fully saturated rings. The molecule has 0 aromatic heterocycles. The van der Waals surface area contributed by atoms with Crippen molar-refractivity contribution in [1.82, 2.24) is 15.7 Å². The highest BCUT2D eigenvalue weighted by Gasteiger charge is 2.10. The van der Waals surface area contributed by atoms with Gasteiger partial charge in [0.1, 0.15) is 12.4 Å². The van der Waals surface area contributed by atoms with Crippen LogP contribution in [0.1, 0.15) is 38.5 Å². The van der Waals surface area contributed by atoms with E-state index in [1.807, 2.05) is 24.3 Å². The maximum Gasteiger partial charge on any atom is 0.243 e. The molecule has 31 heavy (non-hydrogen) atoms. The second-order valence-corrected chi connectivity index (χ2v) is 8.13. The maximum atomic E-state index is 11.1. The number of allylic oxidation sites excluding steroid dienone is 1. The molecule has 6 nitrogen and oxygen atoms in total. The summed E-state index contributed by atoms with van der Waals surface area (Å²) in [5.74, 6) is 0.577.